The quantitative estimate of drug-likeness (QED) is 0.394. The second-order valence-electron chi connectivity index (χ2n) is 8.78. The van der Waals surface area contributed by atoms with Gasteiger partial charge in [-0.1, -0.05) is 48.9 Å². The molecule has 1 heterocycles. The van der Waals surface area contributed by atoms with Gasteiger partial charge in [0, 0.05) is 36.7 Å². The summed E-state index contributed by atoms with van der Waals surface area (Å²) in [6, 6.07) is 25.8. The highest BCUT2D eigenvalue weighted by Crippen LogP contribution is 2.27. The van der Waals surface area contributed by atoms with E-state index in [2.05, 4.69) is 33.4 Å². The molecule has 1 fully saturated rings. The Bertz CT molecular complexity index is 1310. The van der Waals surface area contributed by atoms with Crippen molar-refractivity contribution in [3.05, 3.63) is 90.3 Å². The zero-order chi connectivity index (χ0) is 23.3. The third-order valence-electron chi connectivity index (χ3n) is 6.38. The van der Waals surface area contributed by atoms with Gasteiger partial charge in [0.1, 0.15) is 5.82 Å². The number of fused-ring (bicyclic) bond motifs is 1. The summed E-state index contributed by atoms with van der Waals surface area (Å²) in [5.74, 6) is 1.07. The van der Waals surface area contributed by atoms with Crippen LogP contribution in [0, 0.1) is 5.92 Å². The number of hydrogen-bond donors (Lipinski definition) is 2. The van der Waals surface area contributed by atoms with E-state index in [1.54, 1.807) is 0 Å². The molecule has 0 unspecified atom stereocenters. The summed E-state index contributed by atoms with van der Waals surface area (Å²) in [5.41, 5.74) is 4.72. The number of nitrogens with zero attached hydrogens (tertiary/aromatic N) is 2. The number of hydrogen-bond acceptors (Lipinski definition) is 3. The first kappa shape index (κ1) is 21.9. The van der Waals surface area contributed by atoms with Gasteiger partial charge in [0.15, 0.2) is 0 Å². The molecular weight excluding hydrogens is 424 g/mol. The van der Waals surface area contributed by atoms with Crippen molar-refractivity contribution in [3.63, 3.8) is 0 Å². The lowest BCUT2D eigenvalue weighted by Crippen LogP contribution is -2.28. The minimum absolute atomic E-state index is 0.0319. The molecule has 172 valence electrons. The number of benzene rings is 3. The van der Waals surface area contributed by atoms with E-state index in [-0.39, 0.29) is 17.7 Å². The van der Waals surface area contributed by atoms with E-state index in [9.17, 15) is 9.59 Å². The Balaban J connectivity index is 1.21. The number of imidazole rings is 1. The summed E-state index contributed by atoms with van der Waals surface area (Å²) >= 11 is 0. The van der Waals surface area contributed by atoms with Gasteiger partial charge in [-0.3, -0.25) is 14.2 Å². The summed E-state index contributed by atoms with van der Waals surface area (Å²) in [4.78, 5) is 29.6. The predicted molar refractivity (Wildman–Crippen MR) is 134 cm³/mol. The summed E-state index contributed by atoms with van der Waals surface area (Å²) in [7, 11) is 0. The number of rotatable bonds is 8. The lowest BCUT2D eigenvalue weighted by molar-refractivity contribution is -0.122. The fraction of sp³-hybridized carbons (Fsp3) is 0.250. The van der Waals surface area contributed by atoms with E-state index in [0.717, 1.165) is 53.1 Å². The Kier molecular flexibility index (Phi) is 6.38. The van der Waals surface area contributed by atoms with E-state index < -0.39 is 0 Å². The number of anilines is 1. The molecule has 5 rings (SSSR count). The summed E-state index contributed by atoms with van der Waals surface area (Å²) in [5, 5.41) is 5.99. The number of aromatic nitrogens is 2. The van der Waals surface area contributed by atoms with Crippen LogP contribution < -0.4 is 10.6 Å². The molecule has 2 N–H and O–H groups in total. The highest BCUT2D eigenvalue weighted by Gasteiger charge is 2.25. The van der Waals surface area contributed by atoms with Crippen LogP contribution >= 0.6 is 0 Å². The number of carbonyl (C=O) groups is 2. The van der Waals surface area contributed by atoms with Crippen molar-refractivity contribution >= 4 is 28.5 Å². The number of nitrogens with one attached hydrogen (secondary N) is 2. The molecule has 0 bridgehead atoms. The molecule has 0 aliphatic heterocycles. The van der Waals surface area contributed by atoms with Crippen molar-refractivity contribution in [1.29, 1.82) is 0 Å². The Morgan fingerprint density at radius 2 is 1.74 bits per heavy atom. The SMILES string of the molecule is O=C(CCc1nc2ccccc2n1-c1ccccc1)NCc1cccc(NC(=O)C2CCC2)c1. The largest absolute Gasteiger partial charge is 0.352 e. The fourth-order valence-electron chi connectivity index (χ4n) is 4.30. The van der Waals surface area contributed by atoms with Crippen molar-refractivity contribution < 1.29 is 9.59 Å². The third-order valence-corrected chi connectivity index (χ3v) is 6.38. The molecular formula is C28H28N4O2. The van der Waals surface area contributed by atoms with Gasteiger partial charge in [-0.15, -0.1) is 0 Å². The monoisotopic (exact) mass is 452 g/mol. The number of carbonyl (C=O) groups excluding carboxylic acids is 2. The highest BCUT2D eigenvalue weighted by molar-refractivity contribution is 5.93. The average molecular weight is 453 g/mol. The molecule has 1 saturated carbocycles. The molecule has 1 aromatic heterocycles. The van der Waals surface area contributed by atoms with Gasteiger partial charge in [-0.2, -0.15) is 0 Å². The lowest BCUT2D eigenvalue weighted by Gasteiger charge is -2.24. The third kappa shape index (κ3) is 4.86. The minimum Gasteiger partial charge on any atom is -0.352 e. The van der Waals surface area contributed by atoms with Crippen LogP contribution in [0.15, 0.2) is 78.9 Å². The van der Waals surface area contributed by atoms with Gasteiger partial charge in [0.05, 0.1) is 11.0 Å². The maximum absolute atomic E-state index is 12.6. The van der Waals surface area contributed by atoms with Crippen LogP contribution in [0.4, 0.5) is 5.69 Å². The molecule has 4 aromatic rings. The Hall–Kier alpha value is -3.93. The topological polar surface area (TPSA) is 76.0 Å². The summed E-state index contributed by atoms with van der Waals surface area (Å²) in [6.07, 6.45) is 3.95. The van der Waals surface area contributed by atoms with Crippen molar-refractivity contribution in [2.24, 2.45) is 5.92 Å². The summed E-state index contributed by atoms with van der Waals surface area (Å²) < 4.78 is 2.12. The van der Waals surface area contributed by atoms with Gasteiger partial charge in [0.25, 0.3) is 0 Å². The molecule has 2 amide bonds. The zero-order valence-electron chi connectivity index (χ0n) is 19.0. The molecule has 34 heavy (non-hydrogen) atoms. The Labute approximate surface area is 199 Å². The molecule has 6 nitrogen and oxygen atoms in total. The molecule has 0 atom stereocenters. The normalized spacial score (nSPS) is 13.4. The lowest BCUT2D eigenvalue weighted by atomic mass is 9.85. The molecule has 0 spiro atoms. The average Bonchev–Trinajstić information content (AvgIpc) is 3.19. The van der Waals surface area contributed by atoms with Gasteiger partial charge < -0.3 is 10.6 Å². The van der Waals surface area contributed by atoms with Crippen molar-refractivity contribution in [2.75, 3.05) is 5.32 Å². The second kappa shape index (κ2) is 9.91. The Morgan fingerprint density at radius 1 is 0.941 bits per heavy atom. The molecule has 1 aliphatic rings. The molecule has 6 heteroatoms. The molecule has 3 aromatic carbocycles. The maximum atomic E-state index is 12.6. The van der Waals surface area contributed by atoms with Crippen LogP contribution in [0.2, 0.25) is 0 Å². The van der Waals surface area contributed by atoms with Crippen LogP contribution in [0.25, 0.3) is 16.7 Å². The molecule has 1 aliphatic carbocycles. The van der Waals surface area contributed by atoms with Gasteiger partial charge in [-0.05, 0) is 54.8 Å². The highest BCUT2D eigenvalue weighted by atomic mass is 16.2. The first-order valence-corrected chi connectivity index (χ1v) is 11.9. The van der Waals surface area contributed by atoms with E-state index in [4.69, 9.17) is 4.98 Å². The Morgan fingerprint density at radius 3 is 2.53 bits per heavy atom. The van der Waals surface area contributed by atoms with Crippen LogP contribution in [0.3, 0.4) is 0 Å². The van der Waals surface area contributed by atoms with Crippen LogP contribution in [0.1, 0.15) is 37.1 Å². The first-order chi connectivity index (χ1) is 16.7. The standard InChI is InChI=1S/C28H28N4O2/c33-27(29-19-20-8-6-11-22(18-20)30-28(34)21-9-7-10-21)17-16-26-31-24-14-4-5-15-25(24)32(26)23-12-2-1-3-13-23/h1-6,8,11-15,18,21H,7,9-10,16-17,19H2,(H,29,33)(H,30,34). The minimum atomic E-state index is -0.0319. The van der Waals surface area contributed by atoms with Crippen molar-refractivity contribution in [1.82, 2.24) is 14.9 Å². The smallest absolute Gasteiger partial charge is 0.227 e. The second-order valence-corrected chi connectivity index (χ2v) is 8.78. The van der Waals surface area contributed by atoms with Crippen LogP contribution in [0.5, 0.6) is 0 Å². The van der Waals surface area contributed by atoms with Crippen molar-refractivity contribution in [2.45, 2.75) is 38.6 Å². The zero-order valence-corrected chi connectivity index (χ0v) is 19.0. The van der Waals surface area contributed by atoms with Gasteiger partial charge >= 0.3 is 0 Å². The first-order valence-electron chi connectivity index (χ1n) is 11.9. The fourth-order valence-corrected chi connectivity index (χ4v) is 4.30. The molecule has 0 saturated heterocycles. The molecule has 0 radical (unpaired) electrons. The van der Waals surface area contributed by atoms with Gasteiger partial charge in [0.2, 0.25) is 11.8 Å². The van der Waals surface area contributed by atoms with E-state index in [1.807, 2.05) is 60.7 Å². The van der Waals surface area contributed by atoms with E-state index in [1.165, 1.54) is 0 Å². The summed E-state index contributed by atoms with van der Waals surface area (Å²) in [6.45, 7) is 0.418. The van der Waals surface area contributed by atoms with E-state index >= 15 is 0 Å². The number of para-hydroxylation sites is 3. The number of aryl methyl sites for hydroxylation is 1. The number of amides is 2. The van der Waals surface area contributed by atoms with E-state index in [0.29, 0.717) is 19.4 Å². The van der Waals surface area contributed by atoms with Gasteiger partial charge in [-0.25, -0.2) is 4.98 Å². The van der Waals surface area contributed by atoms with Crippen LogP contribution in [-0.2, 0) is 22.6 Å². The van der Waals surface area contributed by atoms with Crippen molar-refractivity contribution in [3.8, 4) is 5.69 Å². The van der Waals surface area contributed by atoms with Crippen LogP contribution in [-0.4, -0.2) is 21.4 Å². The predicted octanol–water partition coefficient (Wildman–Crippen LogP) is 5.01. The maximum Gasteiger partial charge on any atom is 0.227 e.